The molecule has 0 saturated carbocycles. The lowest BCUT2D eigenvalue weighted by atomic mass is 9.94. The Labute approximate surface area is 132 Å². The standard InChI is InChI=1S/C18H15NO2S/c1-11-15(12-5-3-2-4-6-12)9-13(10-16(11)19)14-7-8-22-17(14)18(20)21/h2-10H,19H2,1H3,(H,20,21). The lowest BCUT2D eigenvalue weighted by Gasteiger charge is -2.12. The van der Waals surface area contributed by atoms with E-state index in [1.54, 1.807) is 5.38 Å². The number of rotatable bonds is 3. The molecule has 3 aromatic rings. The Balaban J connectivity index is 2.21. The molecule has 0 bridgehead atoms. The maximum atomic E-state index is 11.3. The van der Waals surface area contributed by atoms with Crippen molar-refractivity contribution >= 4 is 23.0 Å². The van der Waals surface area contributed by atoms with Gasteiger partial charge < -0.3 is 10.8 Å². The molecule has 0 fully saturated rings. The van der Waals surface area contributed by atoms with Crippen LogP contribution in [0.1, 0.15) is 15.2 Å². The van der Waals surface area contributed by atoms with Crippen molar-refractivity contribution in [2.75, 3.05) is 5.73 Å². The highest BCUT2D eigenvalue weighted by molar-refractivity contribution is 7.12. The minimum atomic E-state index is -0.912. The molecular weight excluding hydrogens is 294 g/mol. The molecule has 1 heterocycles. The van der Waals surface area contributed by atoms with E-state index in [2.05, 4.69) is 0 Å². The normalized spacial score (nSPS) is 10.6. The van der Waals surface area contributed by atoms with Gasteiger partial charge >= 0.3 is 5.97 Å². The predicted octanol–water partition coefficient (Wildman–Crippen LogP) is 4.67. The number of carbonyl (C=O) groups is 1. The zero-order valence-corrected chi connectivity index (χ0v) is 12.9. The predicted molar refractivity (Wildman–Crippen MR) is 91.3 cm³/mol. The second-order valence-corrected chi connectivity index (χ2v) is 5.99. The Kier molecular flexibility index (Phi) is 3.69. The lowest BCUT2D eigenvalue weighted by molar-refractivity contribution is 0.0703. The van der Waals surface area contributed by atoms with E-state index >= 15 is 0 Å². The van der Waals surface area contributed by atoms with Gasteiger partial charge in [-0.1, -0.05) is 30.3 Å². The SMILES string of the molecule is Cc1c(N)cc(-c2ccsc2C(=O)O)cc1-c1ccccc1. The van der Waals surface area contributed by atoms with E-state index in [4.69, 9.17) is 5.73 Å². The molecule has 0 saturated heterocycles. The third kappa shape index (κ3) is 2.49. The molecule has 0 unspecified atom stereocenters. The second-order valence-electron chi connectivity index (χ2n) is 5.07. The molecule has 22 heavy (non-hydrogen) atoms. The van der Waals surface area contributed by atoms with Gasteiger partial charge in [-0.15, -0.1) is 11.3 Å². The summed E-state index contributed by atoms with van der Waals surface area (Å²) in [5, 5.41) is 11.1. The number of hydrogen-bond acceptors (Lipinski definition) is 3. The van der Waals surface area contributed by atoms with Crippen molar-refractivity contribution in [3.8, 4) is 22.3 Å². The summed E-state index contributed by atoms with van der Waals surface area (Å²) in [4.78, 5) is 11.7. The Morgan fingerprint density at radius 3 is 2.45 bits per heavy atom. The van der Waals surface area contributed by atoms with Crippen LogP contribution in [-0.2, 0) is 0 Å². The summed E-state index contributed by atoms with van der Waals surface area (Å²) in [6, 6.07) is 15.6. The van der Waals surface area contributed by atoms with Crippen LogP contribution in [0.15, 0.2) is 53.9 Å². The summed E-state index contributed by atoms with van der Waals surface area (Å²) < 4.78 is 0. The average Bonchev–Trinajstić information content (AvgIpc) is 3.00. The van der Waals surface area contributed by atoms with Gasteiger partial charge in [-0.05, 0) is 52.8 Å². The second kappa shape index (κ2) is 5.66. The van der Waals surface area contributed by atoms with E-state index in [0.29, 0.717) is 16.1 Å². The minimum Gasteiger partial charge on any atom is -0.477 e. The third-order valence-corrected chi connectivity index (χ3v) is 4.61. The summed E-state index contributed by atoms with van der Waals surface area (Å²) in [5.74, 6) is -0.912. The van der Waals surface area contributed by atoms with Gasteiger partial charge in [0.15, 0.2) is 0 Å². The Morgan fingerprint density at radius 2 is 1.77 bits per heavy atom. The number of nitrogens with two attached hydrogens (primary N) is 1. The molecule has 4 heteroatoms. The highest BCUT2D eigenvalue weighted by atomic mass is 32.1. The number of benzene rings is 2. The number of anilines is 1. The van der Waals surface area contributed by atoms with E-state index in [0.717, 1.165) is 22.3 Å². The smallest absolute Gasteiger partial charge is 0.346 e. The summed E-state index contributed by atoms with van der Waals surface area (Å²) in [6.45, 7) is 1.98. The number of carboxylic acids is 1. The highest BCUT2D eigenvalue weighted by Gasteiger charge is 2.16. The first-order valence-electron chi connectivity index (χ1n) is 6.84. The largest absolute Gasteiger partial charge is 0.477 e. The molecule has 1 aromatic heterocycles. The molecule has 3 nitrogen and oxygen atoms in total. The van der Waals surface area contributed by atoms with Crippen molar-refractivity contribution in [3.05, 3.63) is 64.4 Å². The average molecular weight is 309 g/mol. The molecule has 0 amide bonds. The van der Waals surface area contributed by atoms with Crippen LogP contribution in [0, 0.1) is 6.92 Å². The number of hydrogen-bond donors (Lipinski definition) is 2. The van der Waals surface area contributed by atoms with Crippen molar-refractivity contribution < 1.29 is 9.90 Å². The molecule has 0 aliphatic rings. The van der Waals surface area contributed by atoms with Crippen LogP contribution in [0.2, 0.25) is 0 Å². The molecule has 0 spiro atoms. The van der Waals surface area contributed by atoms with Gasteiger partial charge in [-0.3, -0.25) is 0 Å². The van der Waals surface area contributed by atoms with Crippen LogP contribution in [0.4, 0.5) is 5.69 Å². The number of aromatic carboxylic acids is 1. The maximum absolute atomic E-state index is 11.3. The summed E-state index contributed by atoms with van der Waals surface area (Å²) in [5.41, 5.74) is 11.5. The zero-order chi connectivity index (χ0) is 15.7. The summed E-state index contributed by atoms with van der Waals surface area (Å²) >= 11 is 1.22. The topological polar surface area (TPSA) is 63.3 Å². The number of carboxylic acid groups (broad SMARTS) is 1. The van der Waals surface area contributed by atoms with Gasteiger partial charge in [0.2, 0.25) is 0 Å². The van der Waals surface area contributed by atoms with Crippen LogP contribution in [0.3, 0.4) is 0 Å². The highest BCUT2D eigenvalue weighted by Crippen LogP contribution is 2.36. The van der Waals surface area contributed by atoms with Gasteiger partial charge in [0, 0.05) is 11.3 Å². The van der Waals surface area contributed by atoms with E-state index in [9.17, 15) is 9.90 Å². The van der Waals surface area contributed by atoms with E-state index in [-0.39, 0.29) is 0 Å². The van der Waals surface area contributed by atoms with Crippen molar-refractivity contribution in [2.24, 2.45) is 0 Å². The van der Waals surface area contributed by atoms with Crippen LogP contribution in [0.5, 0.6) is 0 Å². The summed E-state index contributed by atoms with van der Waals surface area (Å²) in [6.07, 6.45) is 0. The van der Waals surface area contributed by atoms with Crippen molar-refractivity contribution in [2.45, 2.75) is 6.92 Å². The van der Waals surface area contributed by atoms with Crippen LogP contribution in [0.25, 0.3) is 22.3 Å². The lowest BCUT2D eigenvalue weighted by Crippen LogP contribution is -1.97. The number of nitrogen functional groups attached to an aromatic ring is 1. The van der Waals surface area contributed by atoms with Gasteiger partial charge in [0.05, 0.1) is 0 Å². The molecule has 0 aliphatic heterocycles. The van der Waals surface area contributed by atoms with E-state index in [1.807, 2.05) is 55.5 Å². The molecule has 0 aliphatic carbocycles. The fourth-order valence-corrected chi connectivity index (χ4v) is 3.27. The van der Waals surface area contributed by atoms with Crippen molar-refractivity contribution in [3.63, 3.8) is 0 Å². The molecule has 3 rings (SSSR count). The Bertz CT molecular complexity index is 838. The fraction of sp³-hybridized carbons (Fsp3) is 0.0556. The van der Waals surface area contributed by atoms with Gasteiger partial charge in [-0.2, -0.15) is 0 Å². The molecule has 0 radical (unpaired) electrons. The van der Waals surface area contributed by atoms with Gasteiger partial charge in [0.25, 0.3) is 0 Å². The van der Waals surface area contributed by atoms with Crippen LogP contribution >= 0.6 is 11.3 Å². The molecular formula is C18H15NO2S. The quantitative estimate of drug-likeness (QED) is 0.691. The fourth-order valence-electron chi connectivity index (χ4n) is 2.51. The van der Waals surface area contributed by atoms with Gasteiger partial charge in [-0.25, -0.2) is 4.79 Å². The monoisotopic (exact) mass is 309 g/mol. The zero-order valence-electron chi connectivity index (χ0n) is 12.0. The first-order valence-corrected chi connectivity index (χ1v) is 7.72. The third-order valence-electron chi connectivity index (χ3n) is 3.70. The molecule has 110 valence electrons. The Hall–Kier alpha value is -2.59. The van der Waals surface area contributed by atoms with Gasteiger partial charge in [0.1, 0.15) is 4.88 Å². The van der Waals surface area contributed by atoms with Crippen LogP contribution in [-0.4, -0.2) is 11.1 Å². The summed E-state index contributed by atoms with van der Waals surface area (Å²) in [7, 11) is 0. The Morgan fingerprint density at radius 1 is 1.05 bits per heavy atom. The molecule has 3 N–H and O–H groups in total. The minimum absolute atomic E-state index is 0.335. The van der Waals surface area contributed by atoms with E-state index < -0.39 is 5.97 Å². The maximum Gasteiger partial charge on any atom is 0.346 e. The van der Waals surface area contributed by atoms with Crippen molar-refractivity contribution in [1.29, 1.82) is 0 Å². The number of thiophene rings is 1. The van der Waals surface area contributed by atoms with E-state index in [1.165, 1.54) is 11.3 Å². The van der Waals surface area contributed by atoms with Crippen LogP contribution < -0.4 is 5.73 Å². The molecule has 2 aromatic carbocycles. The first kappa shape index (κ1) is 14.4. The molecule has 0 atom stereocenters. The van der Waals surface area contributed by atoms with Crippen molar-refractivity contribution in [1.82, 2.24) is 0 Å². The first-order chi connectivity index (χ1) is 10.6.